The molecule has 0 saturated heterocycles. The fraction of sp³-hybridized carbons (Fsp3) is 0.214. The molecule has 1 aromatic carbocycles. The lowest BCUT2D eigenvalue weighted by molar-refractivity contribution is 0.607. The van der Waals surface area contributed by atoms with Crippen LogP contribution in [0.1, 0.15) is 5.56 Å². The van der Waals surface area contributed by atoms with Gasteiger partial charge in [0.2, 0.25) is 10.0 Å². The van der Waals surface area contributed by atoms with Crippen molar-refractivity contribution in [1.82, 2.24) is 4.98 Å². The molecule has 1 heterocycles. The molecule has 0 radical (unpaired) electrons. The zero-order valence-corrected chi connectivity index (χ0v) is 12.0. The Morgan fingerprint density at radius 3 is 2.45 bits per heavy atom. The number of rotatable bonds is 6. The molecule has 2 rings (SSSR count). The van der Waals surface area contributed by atoms with Crippen LogP contribution in [0.3, 0.4) is 0 Å². The van der Waals surface area contributed by atoms with Gasteiger partial charge in [0, 0.05) is 6.54 Å². The molecule has 1 aromatic heterocycles. The molecule has 0 bridgehead atoms. The SMILES string of the molecule is CS(=O)(=O)Nc1ccc(NCCc2ccccc2)nc1. The number of pyridine rings is 1. The van der Waals surface area contributed by atoms with Crippen LogP contribution in [0.2, 0.25) is 0 Å². The van der Waals surface area contributed by atoms with Crippen LogP contribution in [0.15, 0.2) is 48.7 Å². The topological polar surface area (TPSA) is 71.1 Å². The van der Waals surface area contributed by atoms with Crippen molar-refractivity contribution in [2.75, 3.05) is 22.8 Å². The van der Waals surface area contributed by atoms with E-state index < -0.39 is 10.0 Å². The van der Waals surface area contributed by atoms with Crippen molar-refractivity contribution >= 4 is 21.5 Å². The summed E-state index contributed by atoms with van der Waals surface area (Å²) in [5.74, 6) is 0.722. The van der Waals surface area contributed by atoms with Crippen molar-refractivity contribution in [3.8, 4) is 0 Å². The van der Waals surface area contributed by atoms with E-state index in [1.54, 1.807) is 12.1 Å². The van der Waals surface area contributed by atoms with Gasteiger partial charge in [-0.1, -0.05) is 30.3 Å². The lowest BCUT2D eigenvalue weighted by Gasteiger charge is -2.07. The Morgan fingerprint density at radius 2 is 1.85 bits per heavy atom. The predicted molar refractivity (Wildman–Crippen MR) is 81.3 cm³/mol. The van der Waals surface area contributed by atoms with E-state index in [1.165, 1.54) is 11.8 Å². The Kier molecular flexibility index (Phi) is 4.57. The smallest absolute Gasteiger partial charge is 0.229 e. The number of hydrogen-bond acceptors (Lipinski definition) is 4. The lowest BCUT2D eigenvalue weighted by Crippen LogP contribution is -2.10. The number of sulfonamides is 1. The third-order valence-electron chi connectivity index (χ3n) is 2.63. The van der Waals surface area contributed by atoms with E-state index in [0.717, 1.165) is 25.0 Å². The number of anilines is 2. The zero-order valence-electron chi connectivity index (χ0n) is 11.2. The zero-order chi connectivity index (χ0) is 14.4. The van der Waals surface area contributed by atoms with Crippen LogP contribution in [-0.4, -0.2) is 26.2 Å². The van der Waals surface area contributed by atoms with Crippen molar-refractivity contribution in [1.29, 1.82) is 0 Å². The van der Waals surface area contributed by atoms with Gasteiger partial charge in [-0.15, -0.1) is 0 Å². The average molecular weight is 291 g/mol. The molecule has 2 N–H and O–H groups in total. The van der Waals surface area contributed by atoms with Crippen LogP contribution in [0.5, 0.6) is 0 Å². The van der Waals surface area contributed by atoms with Gasteiger partial charge >= 0.3 is 0 Å². The average Bonchev–Trinajstić information content (AvgIpc) is 2.40. The van der Waals surface area contributed by atoms with Crippen LogP contribution in [0.4, 0.5) is 11.5 Å². The van der Waals surface area contributed by atoms with Gasteiger partial charge in [-0.2, -0.15) is 0 Å². The summed E-state index contributed by atoms with van der Waals surface area (Å²) >= 11 is 0. The Hall–Kier alpha value is -2.08. The van der Waals surface area contributed by atoms with Crippen LogP contribution in [0.25, 0.3) is 0 Å². The fourth-order valence-corrected chi connectivity index (χ4v) is 2.30. The number of hydrogen-bond donors (Lipinski definition) is 2. The first-order valence-electron chi connectivity index (χ1n) is 6.24. The molecule has 0 saturated carbocycles. The molecule has 0 unspecified atom stereocenters. The molecule has 0 spiro atoms. The summed E-state index contributed by atoms with van der Waals surface area (Å²) in [6.45, 7) is 0.774. The van der Waals surface area contributed by atoms with E-state index in [1.807, 2.05) is 18.2 Å². The van der Waals surface area contributed by atoms with Crippen molar-refractivity contribution in [3.05, 3.63) is 54.2 Å². The molecule has 0 aliphatic carbocycles. The summed E-state index contributed by atoms with van der Waals surface area (Å²) in [5, 5.41) is 3.19. The van der Waals surface area contributed by atoms with E-state index in [9.17, 15) is 8.42 Å². The fourth-order valence-electron chi connectivity index (χ4n) is 1.75. The molecule has 20 heavy (non-hydrogen) atoms. The van der Waals surface area contributed by atoms with Gasteiger partial charge in [0.25, 0.3) is 0 Å². The van der Waals surface area contributed by atoms with Crippen LogP contribution < -0.4 is 10.0 Å². The molecule has 0 amide bonds. The van der Waals surface area contributed by atoms with E-state index in [0.29, 0.717) is 5.69 Å². The minimum Gasteiger partial charge on any atom is -0.370 e. The second-order valence-corrected chi connectivity index (χ2v) is 6.22. The first-order chi connectivity index (χ1) is 9.53. The summed E-state index contributed by atoms with van der Waals surface area (Å²) < 4.78 is 24.5. The largest absolute Gasteiger partial charge is 0.370 e. The highest BCUT2D eigenvalue weighted by Gasteiger charge is 2.02. The van der Waals surface area contributed by atoms with Gasteiger partial charge in [-0.25, -0.2) is 13.4 Å². The third-order valence-corrected chi connectivity index (χ3v) is 3.24. The molecule has 2 aromatic rings. The van der Waals surface area contributed by atoms with Gasteiger partial charge in [0.1, 0.15) is 5.82 Å². The Bertz CT molecular complexity index is 640. The van der Waals surface area contributed by atoms with Crippen LogP contribution in [0, 0.1) is 0 Å². The standard InChI is InChI=1S/C14H17N3O2S/c1-20(18,19)17-13-7-8-14(16-11-13)15-10-9-12-5-3-2-4-6-12/h2-8,11,17H,9-10H2,1H3,(H,15,16). The second kappa shape index (κ2) is 6.38. The predicted octanol–water partition coefficient (Wildman–Crippen LogP) is 2.11. The monoisotopic (exact) mass is 291 g/mol. The van der Waals surface area contributed by atoms with Crippen molar-refractivity contribution in [2.24, 2.45) is 0 Å². The van der Waals surface area contributed by atoms with E-state index in [-0.39, 0.29) is 0 Å². The maximum absolute atomic E-state index is 11.1. The van der Waals surface area contributed by atoms with Crippen molar-refractivity contribution in [2.45, 2.75) is 6.42 Å². The summed E-state index contributed by atoms with van der Waals surface area (Å²) in [6.07, 6.45) is 3.51. The summed E-state index contributed by atoms with van der Waals surface area (Å²) in [6, 6.07) is 13.6. The molecule has 0 fully saturated rings. The molecule has 0 aliphatic heterocycles. The minimum atomic E-state index is -3.25. The Labute approximate surface area is 119 Å². The number of benzene rings is 1. The van der Waals surface area contributed by atoms with E-state index in [4.69, 9.17) is 0 Å². The molecule has 0 aliphatic rings. The Morgan fingerprint density at radius 1 is 1.10 bits per heavy atom. The van der Waals surface area contributed by atoms with E-state index >= 15 is 0 Å². The summed E-state index contributed by atoms with van der Waals surface area (Å²) in [4.78, 5) is 4.16. The number of nitrogens with zero attached hydrogens (tertiary/aromatic N) is 1. The minimum absolute atomic E-state index is 0.459. The highest BCUT2D eigenvalue weighted by Crippen LogP contribution is 2.11. The van der Waals surface area contributed by atoms with Crippen molar-refractivity contribution < 1.29 is 8.42 Å². The number of nitrogens with one attached hydrogen (secondary N) is 2. The van der Waals surface area contributed by atoms with Gasteiger partial charge in [-0.3, -0.25) is 4.72 Å². The normalized spacial score (nSPS) is 11.1. The maximum Gasteiger partial charge on any atom is 0.229 e. The van der Waals surface area contributed by atoms with Gasteiger partial charge in [-0.05, 0) is 24.1 Å². The summed E-state index contributed by atoms with van der Waals surface area (Å²) in [7, 11) is -3.25. The number of aromatic nitrogens is 1. The van der Waals surface area contributed by atoms with Crippen LogP contribution >= 0.6 is 0 Å². The quantitative estimate of drug-likeness (QED) is 0.855. The Balaban J connectivity index is 1.85. The molecule has 106 valence electrons. The molecular weight excluding hydrogens is 274 g/mol. The molecule has 5 nitrogen and oxygen atoms in total. The van der Waals surface area contributed by atoms with E-state index in [2.05, 4.69) is 27.2 Å². The van der Waals surface area contributed by atoms with Gasteiger partial charge in [0.15, 0.2) is 0 Å². The molecule has 6 heteroatoms. The first kappa shape index (κ1) is 14.3. The highest BCUT2D eigenvalue weighted by molar-refractivity contribution is 7.92. The highest BCUT2D eigenvalue weighted by atomic mass is 32.2. The van der Waals surface area contributed by atoms with Gasteiger partial charge in [0.05, 0.1) is 18.1 Å². The summed E-state index contributed by atoms with van der Waals surface area (Å²) in [5.41, 5.74) is 1.72. The second-order valence-electron chi connectivity index (χ2n) is 4.47. The third kappa shape index (κ3) is 4.89. The maximum atomic E-state index is 11.1. The molecule has 0 atom stereocenters. The molecular formula is C14H17N3O2S. The van der Waals surface area contributed by atoms with Gasteiger partial charge < -0.3 is 5.32 Å². The van der Waals surface area contributed by atoms with Crippen molar-refractivity contribution in [3.63, 3.8) is 0 Å². The first-order valence-corrected chi connectivity index (χ1v) is 8.14. The lowest BCUT2D eigenvalue weighted by atomic mass is 10.1. The van der Waals surface area contributed by atoms with Crippen LogP contribution in [-0.2, 0) is 16.4 Å².